The SMILES string of the molecule is Cc1ccc(C2NNC(=O)CC2=O)cc1. The smallest absolute Gasteiger partial charge is 0.241 e. The quantitative estimate of drug-likeness (QED) is 0.660. The van der Waals surface area contributed by atoms with Crippen molar-refractivity contribution in [3.05, 3.63) is 35.4 Å². The van der Waals surface area contributed by atoms with E-state index < -0.39 is 6.04 Å². The summed E-state index contributed by atoms with van der Waals surface area (Å²) < 4.78 is 0. The first-order chi connectivity index (χ1) is 7.16. The first-order valence-electron chi connectivity index (χ1n) is 4.80. The van der Waals surface area contributed by atoms with Crippen LogP contribution in [0.2, 0.25) is 0 Å². The third-order valence-electron chi connectivity index (χ3n) is 2.42. The van der Waals surface area contributed by atoms with Gasteiger partial charge >= 0.3 is 0 Å². The van der Waals surface area contributed by atoms with Crippen molar-refractivity contribution in [3.8, 4) is 0 Å². The van der Waals surface area contributed by atoms with Crippen LogP contribution >= 0.6 is 0 Å². The highest BCUT2D eigenvalue weighted by Crippen LogP contribution is 2.17. The molecular formula is C11H12N2O2. The Hall–Kier alpha value is -1.68. The molecule has 4 heteroatoms. The van der Waals surface area contributed by atoms with E-state index in [1.807, 2.05) is 31.2 Å². The Kier molecular flexibility index (Phi) is 2.51. The Bertz CT molecular complexity index is 398. The van der Waals surface area contributed by atoms with Crippen LogP contribution < -0.4 is 10.9 Å². The number of carbonyl (C=O) groups excluding carboxylic acids is 2. The topological polar surface area (TPSA) is 58.2 Å². The molecular weight excluding hydrogens is 192 g/mol. The number of hydrogen-bond donors (Lipinski definition) is 2. The summed E-state index contributed by atoms with van der Waals surface area (Å²) in [6, 6.07) is 7.26. The van der Waals surface area contributed by atoms with E-state index >= 15 is 0 Å². The van der Waals surface area contributed by atoms with Crippen molar-refractivity contribution in [2.24, 2.45) is 0 Å². The van der Waals surface area contributed by atoms with Gasteiger partial charge in [0.1, 0.15) is 6.04 Å². The molecule has 78 valence electrons. The molecule has 0 aliphatic carbocycles. The van der Waals surface area contributed by atoms with Gasteiger partial charge in [0.25, 0.3) is 0 Å². The number of benzene rings is 1. The summed E-state index contributed by atoms with van der Waals surface area (Å²) in [7, 11) is 0. The number of rotatable bonds is 1. The zero-order valence-electron chi connectivity index (χ0n) is 8.41. The molecule has 1 fully saturated rings. The van der Waals surface area contributed by atoms with Crippen LogP contribution in [0.1, 0.15) is 23.6 Å². The molecule has 2 N–H and O–H groups in total. The third-order valence-corrected chi connectivity index (χ3v) is 2.42. The zero-order chi connectivity index (χ0) is 10.8. The van der Waals surface area contributed by atoms with Crippen molar-refractivity contribution in [3.63, 3.8) is 0 Å². The zero-order valence-corrected chi connectivity index (χ0v) is 8.41. The lowest BCUT2D eigenvalue weighted by Gasteiger charge is -2.22. The van der Waals surface area contributed by atoms with Crippen LogP contribution in [0, 0.1) is 6.92 Å². The lowest BCUT2D eigenvalue weighted by atomic mass is 9.99. The number of nitrogens with one attached hydrogen (secondary N) is 2. The van der Waals surface area contributed by atoms with Crippen LogP contribution in [0.25, 0.3) is 0 Å². The molecule has 1 aromatic rings. The van der Waals surface area contributed by atoms with Gasteiger partial charge in [0, 0.05) is 0 Å². The van der Waals surface area contributed by atoms with E-state index in [4.69, 9.17) is 0 Å². The van der Waals surface area contributed by atoms with Crippen molar-refractivity contribution in [2.75, 3.05) is 0 Å². The molecule has 0 bridgehead atoms. The number of hydrazine groups is 1. The minimum Gasteiger partial charge on any atom is -0.297 e. The molecule has 1 amide bonds. The number of ketones is 1. The number of carbonyl (C=O) groups is 2. The minimum atomic E-state index is -0.414. The maximum Gasteiger partial charge on any atom is 0.241 e. The van der Waals surface area contributed by atoms with E-state index in [2.05, 4.69) is 10.9 Å². The molecule has 1 heterocycles. The fourth-order valence-corrected chi connectivity index (χ4v) is 1.57. The maximum absolute atomic E-state index is 11.6. The third kappa shape index (κ3) is 2.05. The van der Waals surface area contributed by atoms with Crippen molar-refractivity contribution in [2.45, 2.75) is 19.4 Å². The molecule has 2 rings (SSSR count). The van der Waals surface area contributed by atoms with Crippen molar-refractivity contribution in [1.29, 1.82) is 0 Å². The molecule has 4 nitrogen and oxygen atoms in total. The normalized spacial score (nSPS) is 21.3. The maximum atomic E-state index is 11.6. The van der Waals surface area contributed by atoms with Crippen LogP contribution in [-0.4, -0.2) is 11.7 Å². The second-order valence-electron chi connectivity index (χ2n) is 3.68. The summed E-state index contributed by atoms with van der Waals surface area (Å²) in [5.41, 5.74) is 7.20. The molecule has 1 atom stereocenters. The molecule has 1 aliphatic heterocycles. The van der Waals surface area contributed by atoms with E-state index in [0.29, 0.717) is 0 Å². The summed E-state index contributed by atoms with van der Waals surface area (Å²) in [6.45, 7) is 1.99. The molecule has 0 spiro atoms. The van der Waals surface area contributed by atoms with Gasteiger partial charge in [-0.05, 0) is 12.5 Å². The van der Waals surface area contributed by atoms with Gasteiger partial charge < -0.3 is 0 Å². The predicted molar refractivity (Wildman–Crippen MR) is 54.8 cm³/mol. The Labute approximate surface area is 87.6 Å². The summed E-state index contributed by atoms with van der Waals surface area (Å²) in [4.78, 5) is 22.5. The van der Waals surface area contributed by atoms with Crippen LogP contribution in [0.3, 0.4) is 0 Å². The van der Waals surface area contributed by atoms with Crippen LogP contribution in [0.15, 0.2) is 24.3 Å². The monoisotopic (exact) mass is 204 g/mol. The van der Waals surface area contributed by atoms with Gasteiger partial charge in [-0.1, -0.05) is 29.8 Å². The minimum absolute atomic E-state index is 0.0501. The summed E-state index contributed by atoms with van der Waals surface area (Å²) in [6.07, 6.45) is -0.0501. The number of hydrogen-bond acceptors (Lipinski definition) is 3. The molecule has 1 aliphatic rings. The second-order valence-corrected chi connectivity index (χ2v) is 3.68. The lowest BCUT2D eigenvalue weighted by Crippen LogP contribution is -2.49. The summed E-state index contributed by atoms with van der Waals surface area (Å²) in [5.74, 6) is -0.369. The van der Waals surface area contributed by atoms with Crippen LogP contribution in [0.4, 0.5) is 0 Å². The van der Waals surface area contributed by atoms with E-state index in [9.17, 15) is 9.59 Å². The summed E-state index contributed by atoms with van der Waals surface area (Å²) >= 11 is 0. The predicted octanol–water partition coefficient (Wildman–Crippen LogP) is 0.630. The molecule has 0 saturated carbocycles. The highest BCUT2D eigenvalue weighted by molar-refractivity contribution is 6.02. The fourth-order valence-electron chi connectivity index (χ4n) is 1.57. The standard InChI is InChI=1S/C11H12N2O2/c1-7-2-4-8(5-3-7)11-9(14)6-10(15)12-13-11/h2-5,11,13H,6H2,1H3,(H,12,15). The average molecular weight is 204 g/mol. The van der Waals surface area contributed by atoms with Gasteiger partial charge in [0.05, 0.1) is 6.42 Å². The Morgan fingerprint density at radius 2 is 1.87 bits per heavy atom. The van der Waals surface area contributed by atoms with Crippen LogP contribution in [-0.2, 0) is 9.59 Å². The van der Waals surface area contributed by atoms with Gasteiger partial charge in [-0.25, -0.2) is 5.43 Å². The van der Waals surface area contributed by atoms with Gasteiger partial charge in [-0.15, -0.1) is 0 Å². The van der Waals surface area contributed by atoms with Gasteiger partial charge in [-0.3, -0.25) is 15.0 Å². The Balaban J connectivity index is 2.20. The van der Waals surface area contributed by atoms with Gasteiger partial charge in [0.2, 0.25) is 5.91 Å². The van der Waals surface area contributed by atoms with Crippen molar-refractivity contribution >= 4 is 11.7 Å². The van der Waals surface area contributed by atoms with Gasteiger partial charge in [0.15, 0.2) is 5.78 Å². The number of Topliss-reactive ketones (excluding diaryl/α,β-unsaturated/α-hetero) is 1. The molecule has 1 saturated heterocycles. The van der Waals surface area contributed by atoms with E-state index in [-0.39, 0.29) is 18.1 Å². The fraction of sp³-hybridized carbons (Fsp3) is 0.273. The van der Waals surface area contributed by atoms with E-state index in [0.717, 1.165) is 11.1 Å². The average Bonchev–Trinajstić information content (AvgIpc) is 2.20. The highest BCUT2D eigenvalue weighted by Gasteiger charge is 2.27. The molecule has 0 aromatic heterocycles. The van der Waals surface area contributed by atoms with E-state index in [1.165, 1.54) is 0 Å². The van der Waals surface area contributed by atoms with E-state index in [1.54, 1.807) is 0 Å². The molecule has 1 unspecified atom stereocenters. The summed E-state index contributed by atoms with van der Waals surface area (Å²) in [5, 5.41) is 0. The van der Waals surface area contributed by atoms with Crippen molar-refractivity contribution in [1.82, 2.24) is 10.9 Å². The largest absolute Gasteiger partial charge is 0.297 e. The first kappa shape index (κ1) is 9.86. The van der Waals surface area contributed by atoms with Gasteiger partial charge in [-0.2, -0.15) is 0 Å². The van der Waals surface area contributed by atoms with Crippen molar-refractivity contribution < 1.29 is 9.59 Å². The molecule has 15 heavy (non-hydrogen) atoms. The first-order valence-corrected chi connectivity index (χ1v) is 4.80. The number of aryl methyl sites for hydroxylation is 1. The molecule has 1 aromatic carbocycles. The Morgan fingerprint density at radius 3 is 2.47 bits per heavy atom. The lowest BCUT2D eigenvalue weighted by molar-refractivity contribution is -0.134. The number of amides is 1. The van der Waals surface area contributed by atoms with Crippen LogP contribution in [0.5, 0.6) is 0 Å². The molecule has 0 radical (unpaired) electrons. The Morgan fingerprint density at radius 1 is 1.20 bits per heavy atom. The second kappa shape index (κ2) is 3.82. The highest BCUT2D eigenvalue weighted by atomic mass is 16.2.